The van der Waals surface area contributed by atoms with Crippen molar-refractivity contribution in [2.75, 3.05) is 33.8 Å². The van der Waals surface area contributed by atoms with E-state index in [9.17, 15) is 4.79 Å². The van der Waals surface area contributed by atoms with Crippen LogP contribution in [-0.4, -0.2) is 44.2 Å². The highest BCUT2D eigenvalue weighted by atomic mass is 35.5. The van der Waals surface area contributed by atoms with Crippen molar-refractivity contribution in [2.24, 2.45) is 0 Å². The van der Waals surface area contributed by atoms with Gasteiger partial charge in [0.05, 0.1) is 20.6 Å². The second-order valence-corrected chi connectivity index (χ2v) is 5.52. The van der Waals surface area contributed by atoms with Crippen molar-refractivity contribution in [2.45, 2.75) is 45.4 Å². The summed E-state index contributed by atoms with van der Waals surface area (Å²) in [5.74, 6) is -0.324. The van der Waals surface area contributed by atoms with E-state index >= 15 is 0 Å². The van der Waals surface area contributed by atoms with Gasteiger partial charge in [0.2, 0.25) is 0 Å². The van der Waals surface area contributed by atoms with E-state index in [0.29, 0.717) is 6.61 Å². The average molecular weight is 292 g/mol. The first-order valence-electron chi connectivity index (χ1n) is 7.13. The van der Waals surface area contributed by atoms with Crippen LogP contribution in [0.2, 0.25) is 0 Å². The fourth-order valence-electron chi connectivity index (χ4n) is 1.88. The minimum Gasteiger partial charge on any atom is -1.00 e. The molecule has 0 spiro atoms. The molecule has 0 atom stereocenters. The maximum atomic E-state index is 10.9. The summed E-state index contributed by atoms with van der Waals surface area (Å²) in [6.45, 7) is 8.12. The molecule has 0 aliphatic rings. The number of carbonyl (C=O) groups excluding carboxylic acids is 1. The van der Waals surface area contributed by atoms with E-state index in [1.54, 1.807) is 0 Å². The van der Waals surface area contributed by atoms with Gasteiger partial charge in [-0.2, -0.15) is 0 Å². The van der Waals surface area contributed by atoms with Crippen LogP contribution in [0.3, 0.4) is 0 Å². The lowest BCUT2D eigenvalue weighted by Crippen LogP contribution is -3.00. The summed E-state index contributed by atoms with van der Waals surface area (Å²) >= 11 is 0. The summed E-state index contributed by atoms with van der Waals surface area (Å²) in [5, 5.41) is 0. The first kappa shape index (κ1) is 20.8. The standard InChI is InChI=1S/C15H30NO2.ClH/c1-5-7-8-9-10-11-12-16(3,4)13-14-18-15(17)6-2;/h6H,2,5,7-14H2,1,3-4H3;1H/q+1;/p-1. The van der Waals surface area contributed by atoms with E-state index in [1.165, 1.54) is 44.6 Å². The number of hydrogen-bond acceptors (Lipinski definition) is 2. The van der Waals surface area contributed by atoms with E-state index in [2.05, 4.69) is 27.6 Å². The molecule has 0 aromatic heterocycles. The van der Waals surface area contributed by atoms with E-state index in [-0.39, 0.29) is 18.4 Å². The number of ether oxygens (including phenoxy) is 1. The molecule has 0 heterocycles. The smallest absolute Gasteiger partial charge is 0.330 e. The Morgan fingerprint density at radius 3 is 2.26 bits per heavy atom. The van der Waals surface area contributed by atoms with Gasteiger partial charge >= 0.3 is 5.97 Å². The van der Waals surface area contributed by atoms with Gasteiger partial charge in [-0.1, -0.05) is 39.2 Å². The Labute approximate surface area is 125 Å². The predicted molar refractivity (Wildman–Crippen MR) is 76.4 cm³/mol. The van der Waals surface area contributed by atoms with Gasteiger partial charge in [0.25, 0.3) is 0 Å². The van der Waals surface area contributed by atoms with Crippen LogP contribution in [0.25, 0.3) is 0 Å². The van der Waals surface area contributed by atoms with Crippen LogP contribution in [0.4, 0.5) is 0 Å². The molecule has 0 rings (SSSR count). The zero-order valence-electron chi connectivity index (χ0n) is 12.8. The molecule has 0 aliphatic heterocycles. The second-order valence-electron chi connectivity index (χ2n) is 5.52. The summed E-state index contributed by atoms with van der Waals surface area (Å²) in [6, 6.07) is 0. The number of hydrogen-bond donors (Lipinski definition) is 0. The molecule has 0 aromatic rings. The van der Waals surface area contributed by atoms with Crippen molar-refractivity contribution in [1.29, 1.82) is 0 Å². The summed E-state index contributed by atoms with van der Waals surface area (Å²) in [5.41, 5.74) is 0. The molecule has 0 amide bonds. The Morgan fingerprint density at radius 2 is 1.68 bits per heavy atom. The first-order valence-corrected chi connectivity index (χ1v) is 7.13. The number of carbonyl (C=O) groups is 1. The summed E-state index contributed by atoms with van der Waals surface area (Å²) in [4.78, 5) is 10.9. The lowest BCUT2D eigenvalue weighted by molar-refractivity contribution is -0.890. The fraction of sp³-hybridized carbons (Fsp3) is 0.800. The predicted octanol–water partition coefficient (Wildman–Crippen LogP) is 0.157. The zero-order valence-corrected chi connectivity index (χ0v) is 13.5. The Morgan fingerprint density at radius 1 is 1.11 bits per heavy atom. The van der Waals surface area contributed by atoms with Crippen LogP contribution in [0.1, 0.15) is 45.4 Å². The quantitative estimate of drug-likeness (QED) is 0.235. The van der Waals surface area contributed by atoms with Crippen molar-refractivity contribution >= 4 is 5.97 Å². The third-order valence-corrected chi connectivity index (χ3v) is 3.22. The number of quaternary nitrogens is 1. The van der Waals surface area contributed by atoms with Gasteiger partial charge < -0.3 is 21.6 Å². The third-order valence-electron chi connectivity index (χ3n) is 3.22. The summed E-state index contributed by atoms with van der Waals surface area (Å²) < 4.78 is 5.93. The molecule has 0 saturated carbocycles. The van der Waals surface area contributed by atoms with Gasteiger partial charge in [-0.3, -0.25) is 0 Å². The molecule has 3 nitrogen and oxygen atoms in total. The topological polar surface area (TPSA) is 26.3 Å². The van der Waals surface area contributed by atoms with Crippen LogP contribution in [0.15, 0.2) is 12.7 Å². The SMILES string of the molecule is C=CC(=O)OCC[N+](C)(C)CCCCCCCC.[Cl-]. The molecule has 0 aromatic carbocycles. The molecule has 0 unspecified atom stereocenters. The molecular formula is C15H30ClNO2. The number of likely N-dealkylation sites (N-methyl/N-ethyl adjacent to an activating group) is 1. The van der Waals surface area contributed by atoms with Crippen molar-refractivity contribution in [3.8, 4) is 0 Å². The number of nitrogens with zero attached hydrogens (tertiary/aromatic N) is 1. The molecule has 19 heavy (non-hydrogen) atoms. The average Bonchev–Trinajstić information content (AvgIpc) is 2.33. The van der Waals surface area contributed by atoms with Crippen molar-refractivity contribution < 1.29 is 26.4 Å². The molecule has 4 heteroatoms. The van der Waals surface area contributed by atoms with E-state index < -0.39 is 0 Å². The van der Waals surface area contributed by atoms with Crippen molar-refractivity contribution in [1.82, 2.24) is 0 Å². The normalized spacial score (nSPS) is 10.7. The molecule has 0 radical (unpaired) electrons. The van der Waals surface area contributed by atoms with Crippen LogP contribution in [0.5, 0.6) is 0 Å². The Bertz CT molecular complexity index is 242. The fourth-order valence-corrected chi connectivity index (χ4v) is 1.88. The molecule has 0 aliphatic carbocycles. The van der Waals surface area contributed by atoms with Gasteiger partial charge in [0, 0.05) is 6.08 Å². The summed E-state index contributed by atoms with van der Waals surface area (Å²) in [7, 11) is 4.38. The second kappa shape index (κ2) is 12.5. The van der Waals surface area contributed by atoms with E-state index in [1.807, 2.05) is 0 Å². The lowest BCUT2D eigenvalue weighted by atomic mass is 10.1. The highest BCUT2D eigenvalue weighted by Crippen LogP contribution is 2.08. The van der Waals surface area contributed by atoms with Crippen molar-refractivity contribution in [3.63, 3.8) is 0 Å². The van der Waals surface area contributed by atoms with Gasteiger partial charge in [0.15, 0.2) is 0 Å². The van der Waals surface area contributed by atoms with Crippen LogP contribution in [-0.2, 0) is 9.53 Å². The molecular weight excluding hydrogens is 262 g/mol. The van der Waals surface area contributed by atoms with Gasteiger partial charge in [-0.05, 0) is 12.8 Å². The maximum absolute atomic E-state index is 10.9. The number of halogens is 1. The minimum atomic E-state index is -0.324. The molecule has 0 N–H and O–H groups in total. The molecule has 0 fully saturated rings. The number of rotatable bonds is 11. The number of esters is 1. The Balaban J connectivity index is 0. The number of unbranched alkanes of at least 4 members (excludes halogenated alkanes) is 5. The van der Waals surface area contributed by atoms with Crippen LogP contribution < -0.4 is 12.4 Å². The Hall–Kier alpha value is -0.540. The Kier molecular flexibility index (Phi) is 13.7. The summed E-state index contributed by atoms with van der Waals surface area (Å²) in [6.07, 6.45) is 9.15. The lowest BCUT2D eigenvalue weighted by Gasteiger charge is -2.29. The minimum absolute atomic E-state index is 0. The third kappa shape index (κ3) is 13.7. The van der Waals surface area contributed by atoms with E-state index in [4.69, 9.17) is 4.74 Å². The first-order chi connectivity index (χ1) is 8.52. The maximum Gasteiger partial charge on any atom is 0.330 e. The van der Waals surface area contributed by atoms with Crippen molar-refractivity contribution in [3.05, 3.63) is 12.7 Å². The van der Waals surface area contributed by atoms with Gasteiger partial charge in [0.1, 0.15) is 13.2 Å². The largest absolute Gasteiger partial charge is 1.00 e. The van der Waals surface area contributed by atoms with Gasteiger partial charge in [-0.15, -0.1) is 0 Å². The van der Waals surface area contributed by atoms with Crippen LogP contribution in [0, 0.1) is 0 Å². The zero-order chi connectivity index (χ0) is 13.9. The molecule has 0 saturated heterocycles. The van der Waals surface area contributed by atoms with E-state index in [0.717, 1.165) is 17.6 Å². The molecule has 0 bridgehead atoms. The van der Waals surface area contributed by atoms with Crippen LogP contribution >= 0.6 is 0 Å². The monoisotopic (exact) mass is 291 g/mol. The van der Waals surface area contributed by atoms with Gasteiger partial charge in [-0.25, -0.2) is 4.79 Å². The highest BCUT2D eigenvalue weighted by molar-refractivity contribution is 5.81. The molecule has 114 valence electrons. The highest BCUT2D eigenvalue weighted by Gasteiger charge is 2.14.